The first-order valence-corrected chi connectivity index (χ1v) is 20.0. The lowest BCUT2D eigenvalue weighted by Crippen LogP contribution is -2.65. The molecule has 6 fully saturated rings. The fourth-order valence-electron chi connectivity index (χ4n) is 9.92. The van der Waals surface area contributed by atoms with Crippen molar-refractivity contribution < 1.29 is 42.7 Å². The summed E-state index contributed by atoms with van der Waals surface area (Å²) >= 11 is 0. The molecule has 0 radical (unpaired) electrons. The number of carbonyl (C=O) groups is 4. The fourth-order valence-corrected chi connectivity index (χ4v) is 9.92. The summed E-state index contributed by atoms with van der Waals surface area (Å²) in [6, 6.07) is 5.89. The van der Waals surface area contributed by atoms with E-state index < -0.39 is 60.4 Å². The number of ether oxygens (including phenoxy) is 3. The molecule has 54 heavy (non-hydrogen) atoms. The molecule has 4 amide bonds. The fraction of sp³-hybridized carbons (Fsp3) is 0.750. The monoisotopic (exact) mass is 750 g/mol. The highest BCUT2D eigenvalue weighted by molar-refractivity contribution is 6.48. The van der Waals surface area contributed by atoms with Crippen molar-refractivity contribution in [2.24, 2.45) is 28.6 Å². The summed E-state index contributed by atoms with van der Waals surface area (Å²) in [5.74, 6) is 0.191. The van der Waals surface area contributed by atoms with Crippen LogP contribution in [0, 0.1) is 28.6 Å². The molecule has 0 spiro atoms. The van der Waals surface area contributed by atoms with Crippen LogP contribution in [0.3, 0.4) is 0 Å². The second-order valence-corrected chi connectivity index (χ2v) is 18.4. The Morgan fingerprint density at radius 2 is 1.70 bits per heavy atom. The van der Waals surface area contributed by atoms with Crippen molar-refractivity contribution in [1.82, 2.24) is 20.4 Å². The number of nitrogens with one attached hydrogen (secondary N) is 2. The van der Waals surface area contributed by atoms with Gasteiger partial charge in [0.15, 0.2) is 0 Å². The van der Waals surface area contributed by atoms with Crippen LogP contribution in [0.4, 0.5) is 9.59 Å². The molecule has 3 heterocycles. The summed E-state index contributed by atoms with van der Waals surface area (Å²) < 4.78 is 29.9. The van der Waals surface area contributed by atoms with Gasteiger partial charge in [-0.15, -0.1) is 0 Å². The Labute approximate surface area is 320 Å². The zero-order chi connectivity index (χ0) is 38.6. The van der Waals surface area contributed by atoms with Gasteiger partial charge in [-0.1, -0.05) is 78.1 Å². The third-order valence-corrected chi connectivity index (χ3v) is 13.5. The number of methoxy groups -OCH3 is 1. The SMILES string of the molecule is COCCOC(=O)N[C@H](C(=O)N1C[C@H](OC(=O)N2Cc3ccccc3C2)C[C@H]1C(=O)N[C@@H](CC1CCC1)B1O[C@@H]2C[C@H]3C[C@H](C3(C)C)[C@]2(C)O1)C(C)(C)C. The van der Waals surface area contributed by atoms with Gasteiger partial charge >= 0.3 is 19.3 Å². The smallest absolute Gasteiger partial charge is 0.447 e. The van der Waals surface area contributed by atoms with Crippen LogP contribution in [-0.2, 0) is 46.2 Å². The summed E-state index contributed by atoms with van der Waals surface area (Å²) in [6.07, 6.45) is 4.19. The number of fused-ring (bicyclic) bond motifs is 1. The number of benzene rings is 1. The minimum atomic E-state index is -1.03. The number of alkyl carbamates (subject to hydrolysis) is 1. The Morgan fingerprint density at radius 1 is 1.00 bits per heavy atom. The van der Waals surface area contributed by atoms with Crippen molar-refractivity contribution in [3.8, 4) is 0 Å². The van der Waals surface area contributed by atoms with E-state index in [9.17, 15) is 19.2 Å². The molecule has 1 aromatic rings. The highest BCUT2D eigenvalue weighted by atomic mass is 16.7. The highest BCUT2D eigenvalue weighted by Gasteiger charge is 2.68. The molecule has 8 atom stereocenters. The summed E-state index contributed by atoms with van der Waals surface area (Å²) in [5.41, 5.74) is 1.13. The molecule has 3 aliphatic heterocycles. The van der Waals surface area contributed by atoms with Gasteiger partial charge in [-0.05, 0) is 65.9 Å². The van der Waals surface area contributed by atoms with E-state index in [1.807, 2.05) is 45.0 Å². The maximum absolute atomic E-state index is 14.6. The molecule has 2 saturated heterocycles. The molecule has 8 rings (SSSR count). The van der Waals surface area contributed by atoms with Crippen LogP contribution in [0.25, 0.3) is 0 Å². The Kier molecular flexibility index (Phi) is 10.8. The Bertz CT molecular complexity index is 1570. The van der Waals surface area contributed by atoms with E-state index in [1.54, 1.807) is 4.90 Å². The predicted octanol–water partition coefficient (Wildman–Crippen LogP) is 4.84. The minimum absolute atomic E-state index is 0.00154. The molecule has 296 valence electrons. The summed E-state index contributed by atoms with van der Waals surface area (Å²) in [4.78, 5) is 58.6. The molecule has 2 bridgehead atoms. The molecule has 13 nitrogen and oxygen atoms in total. The average Bonchev–Trinajstić information content (AvgIpc) is 3.82. The van der Waals surface area contributed by atoms with Gasteiger partial charge in [0.25, 0.3) is 0 Å². The lowest BCUT2D eigenvalue weighted by molar-refractivity contribution is -0.199. The molecule has 7 aliphatic rings. The van der Waals surface area contributed by atoms with Gasteiger partial charge in [0.2, 0.25) is 11.8 Å². The molecule has 0 aromatic heterocycles. The number of hydrogen-bond acceptors (Lipinski definition) is 9. The van der Waals surface area contributed by atoms with Gasteiger partial charge in [0.05, 0.1) is 30.8 Å². The van der Waals surface area contributed by atoms with Gasteiger partial charge in [-0.2, -0.15) is 0 Å². The number of hydrogen-bond donors (Lipinski definition) is 2. The van der Waals surface area contributed by atoms with Crippen LogP contribution < -0.4 is 10.6 Å². The largest absolute Gasteiger partial charge is 0.481 e. The Hall–Kier alpha value is -3.36. The average molecular weight is 751 g/mol. The van der Waals surface area contributed by atoms with Gasteiger partial charge in [0, 0.05) is 26.6 Å². The number of amides is 4. The Morgan fingerprint density at radius 3 is 2.31 bits per heavy atom. The highest BCUT2D eigenvalue weighted by Crippen LogP contribution is 2.65. The van der Waals surface area contributed by atoms with Gasteiger partial charge in [-0.25, -0.2) is 9.59 Å². The van der Waals surface area contributed by atoms with Crippen molar-refractivity contribution in [2.45, 2.75) is 135 Å². The van der Waals surface area contributed by atoms with Crippen molar-refractivity contribution in [1.29, 1.82) is 0 Å². The molecule has 2 N–H and O–H groups in total. The van der Waals surface area contributed by atoms with Gasteiger partial charge < -0.3 is 39.1 Å². The minimum Gasteiger partial charge on any atom is -0.447 e. The van der Waals surface area contributed by atoms with Crippen molar-refractivity contribution in [2.75, 3.05) is 26.9 Å². The molecule has 14 heteroatoms. The van der Waals surface area contributed by atoms with Crippen molar-refractivity contribution in [3.63, 3.8) is 0 Å². The number of nitrogens with zero attached hydrogens (tertiary/aromatic N) is 2. The second-order valence-electron chi connectivity index (χ2n) is 18.4. The van der Waals surface area contributed by atoms with E-state index in [0.717, 1.165) is 43.2 Å². The van der Waals surface area contributed by atoms with E-state index in [-0.39, 0.29) is 43.6 Å². The predicted molar refractivity (Wildman–Crippen MR) is 200 cm³/mol. The third-order valence-electron chi connectivity index (χ3n) is 13.5. The molecular formula is C40H59BN4O9. The van der Waals surface area contributed by atoms with E-state index in [0.29, 0.717) is 37.3 Å². The maximum atomic E-state index is 14.6. The summed E-state index contributed by atoms with van der Waals surface area (Å²) in [7, 11) is 0.896. The van der Waals surface area contributed by atoms with E-state index in [4.69, 9.17) is 23.5 Å². The molecule has 1 aromatic carbocycles. The first-order chi connectivity index (χ1) is 25.6. The number of rotatable bonds is 11. The number of likely N-dealkylation sites (tertiary alicyclic amines) is 1. The van der Waals surface area contributed by atoms with E-state index in [1.165, 1.54) is 12.0 Å². The van der Waals surface area contributed by atoms with Crippen molar-refractivity contribution >= 4 is 31.1 Å². The van der Waals surface area contributed by atoms with Crippen LogP contribution in [-0.4, -0.2) is 104 Å². The van der Waals surface area contributed by atoms with Crippen LogP contribution in [0.2, 0.25) is 0 Å². The lowest BCUT2D eigenvalue weighted by Gasteiger charge is -2.64. The molecule has 0 unspecified atom stereocenters. The van der Waals surface area contributed by atoms with Crippen LogP contribution in [0.1, 0.15) is 97.6 Å². The van der Waals surface area contributed by atoms with E-state index in [2.05, 4.69) is 31.4 Å². The van der Waals surface area contributed by atoms with Gasteiger partial charge in [0.1, 0.15) is 24.8 Å². The van der Waals surface area contributed by atoms with Crippen molar-refractivity contribution in [3.05, 3.63) is 35.4 Å². The zero-order valence-corrected chi connectivity index (χ0v) is 33.1. The zero-order valence-electron chi connectivity index (χ0n) is 33.1. The molecule has 4 aliphatic carbocycles. The second kappa shape index (κ2) is 15.0. The first kappa shape index (κ1) is 38.9. The summed E-state index contributed by atoms with van der Waals surface area (Å²) in [6.45, 7) is 13.4. The summed E-state index contributed by atoms with van der Waals surface area (Å²) in [5, 5.41) is 6.04. The normalized spacial score (nSPS) is 30.7. The topological polar surface area (TPSA) is 145 Å². The van der Waals surface area contributed by atoms with Gasteiger partial charge in [-0.3, -0.25) is 14.5 Å². The number of carbonyl (C=O) groups excluding carboxylic acids is 4. The quantitative estimate of drug-likeness (QED) is 0.240. The standard InChI is InChI=1S/C40H59BN4O9/c1-38(2,3)33(43-36(48)51-16-15-50-7)35(47)45-23-28(52-37(49)44-21-25-13-8-9-14-26(25)22-44)20-29(45)34(46)42-32(17-24-11-10-12-24)41-53-31-19-27-18-30(39(27,4)5)40(31,6)54-41/h8-9,13-14,24,27-33H,10-12,15-23H2,1-7H3,(H,42,46)(H,43,48)/t27-,28-,29+,30-,31-,32+,33-,40+/m1/s1. The van der Waals surface area contributed by atoms with Crippen LogP contribution >= 0.6 is 0 Å². The molecule has 4 saturated carbocycles. The maximum Gasteiger partial charge on any atom is 0.481 e. The molecular weight excluding hydrogens is 691 g/mol. The van der Waals surface area contributed by atoms with E-state index >= 15 is 0 Å². The van der Waals surface area contributed by atoms with Crippen LogP contribution in [0.15, 0.2) is 24.3 Å². The first-order valence-electron chi connectivity index (χ1n) is 20.0. The Balaban J connectivity index is 1.10. The lowest BCUT2D eigenvalue weighted by atomic mass is 9.43. The van der Waals surface area contributed by atoms with Crippen LogP contribution in [0.5, 0.6) is 0 Å². The third kappa shape index (κ3) is 7.46.